The predicted molar refractivity (Wildman–Crippen MR) is 147 cm³/mol. The third-order valence-corrected chi connectivity index (χ3v) is 7.79. The zero-order valence-electron chi connectivity index (χ0n) is 21.3. The quantitative estimate of drug-likeness (QED) is 0.293. The van der Waals surface area contributed by atoms with E-state index in [0.29, 0.717) is 65.0 Å². The average molecular weight is 542 g/mol. The number of rotatable bonds is 9. The van der Waals surface area contributed by atoms with E-state index in [0.717, 1.165) is 17.0 Å². The number of thioether (sulfide) groups is 1. The Hall–Kier alpha value is -2.90. The summed E-state index contributed by atoms with van der Waals surface area (Å²) in [6.45, 7) is 6.40. The highest BCUT2D eigenvalue weighted by atomic mass is 35.5. The predicted octanol–water partition coefficient (Wildman–Crippen LogP) is 6.10. The number of ketones is 1. The molecule has 0 bridgehead atoms. The first-order valence-corrected chi connectivity index (χ1v) is 14.1. The lowest BCUT2D eigenvalue weighted by molar-refractivity contribution is -0.138. The van der Waals surface area contributed by atoms with E-state index in [1.807, 2.05) is 38.1 Å². The van der Waals surface area contributed by atoms with E-state index in [1.54, 1.807) is 30.0 Å². The van der Waals surface area contributed by atoms with Crippen molar-refractivity contribution in [2.24, 2.45) is 0 Å². The maximum atomic E-state index is 13.7. The van der Waals surface area contributed by atoms with Crippen molar-refractivity contribution in [2.75, 3.05) is 24.7 Å². The Morgan fingerprint density at radius 3 is 2.57 bits per heavy atom. The Balaban J connectivity index is 1.75. The maximum Gasteiger partial charge on any atom is 0.336 e. The number of ether oxygens (including phenoxy) is 2. The third-order valence-electron chi connectivity index (χ3n) is 6.67. The van der Waals surface area contributed by atoms with E-state index in [9.17, 15) is 14.7 Å². The molecule has 0 aromatic heterocycles. The molecule has 1 heterocycles. The number of carbonyl (C=O) groups is 2. The van der Waals surface area contributed by atoms with Crippen LogP contribution in [-0.2, 0) is 14.3 Å². The van der Waals surface area contributed by atoms with E-state index in [1.165, 1.54) is 0 Å². The average Bonchev–Trinajstić information content (AvgIpc) is 2.87. The maximum absolute atomic E-state index is 13.7. The summed E-state index contributed by atoms with van der Waals surface area (Å²) in [5, 5.41) is 14.3. The van der Waals surface area contributed by atoms with Crippen molar-refractivity contribution in [1.82, 2.24) is 5.32 Å². The number of nitrogens with one attached hydrogen (secondary N) is 1. The smallest absolute Gasteiger partial charge is 0.336 e. The number of esters is 1. The van der Waals surface area contributed by atoms with Crippen LogP contribution in [0.25, 0.3) is 0 Å². The van der Waals surface area contributed by atoms with Gasteiger partial charge in [0.2, 0.25) is 0 Å². The summed E-state index contributed by atoms with van der Waals surface area (Å²) in [5.74, 6) is 0.873. The fourth-order valence-corrected chi connectivity index (χ4v) is 5.63. The van der Waals surface area contributed by atoms with Crippen LogP contribution in [0, 0.1) is 0 Å². The van der Waals surface area contributed by atoms with Gasteiger partial charge in [0.15, 0.2) is 17.3 Å². The largest absolute Gasteiger partial charge is 0.504 e. The molecule has 2 N–H and O–H groups in total. The van der Waals surface area contributed by atoms with Crippen molar-refractivity contribution in [1.29, 1.82) is 0 Å². The van der Waals surface area contributed by atoms with Crippen LogP contribution < -0.4 is 10.1 Å². The van der Waals surface area contributed by atoms with Gasteiger partial charge in [0.05, 0.1) is 12.2 Å². The lowest BCUT2D eigenvalue weighted by Crippen LogP contribution is -2.36. The molecule has 0 fully saturated rings. The molecule has 2 atom stereocenters. The molecule has 8 heteroatoms. The summed E-state index contributed by atoms with van der Waals surface area (Å²) < 4.78 is 11.3. The Morgan fingerprint density at radius 1 is 1.14 bits per heavy atom. The topological polar surface area (TPSA) is 84.9 Å². The highest BCUT2D eigenvalue weighted by Crippen LogP contribution is 2.47. The van der Waals surface area contributed by atoms with Gasteiger partial charge in [-0.2, -0.15) is 11.8 Å². The molecule has 2 aromatic carbocycles. The molecule has 6 nitrogen and oxygen atoms in total. The number of Topliss-reactive ketones (excluding diaryl/α,β-unsaturated/α-hetero) is 1. The lowest BCUT2D eigenvalue weighted by Gasteiger charge is -2.36. The summed E-state index contributed by atoms with van der Waals surface area (Å²) in [7, 11) is 0. The van der Waals surface area contributed by atoms with Gasteiger partial charge in [0.1, 0.15) is 6.61 Å². The molecular formula is C29H32ClNO5S. The van der Waals surface area contributed by atoms with E-state index >= 15 is 0 Å². The summed E-state index contributed by atoms with van der Waals surface area (Å²) in [4.78, 5) is 27.1. The number of phenolic OH excluding ortho intramolecular Hbond substituents is 1. The first-order valence-electron chi connectivity index (χ1n) is 12.5. The molecule has 196 valence electrons. The number of benzene rings is 2. The van der Waals surface area contributed by atoms with Gasteiger partial charge in [-0.05, 0) is 67.3 Å². The van der Waals surface area contributed by atoms with Crippen LogP contribution in [-0.4, -0.2) is 41.6 Å². The van der Waals surface area contributed by atoms with E-state index < -0.39 is 11.9 Å². The third kappa shape index (κ3) is 5.99. The van der Waals surface area contributed by atoms with Crippen LogP contribution >= 0.6 is 23.4 Å². The van der Waals surface area contributed by atoms with E-state index in [-0.39, 0.29) is 17.5 Å². The SMILES string of the molecule is CCOc1cc(C2C(C(=O)OCCSCC)=C(C)NC3=C2C(=O)CC(c2ccc(Cl)cc2)C3)ccc1O. The van der Waals surface area contributed by atoms with Crippen LogP contribution in [0.5, 0.6) is 11.5 Å². The van der Waals surface area contributed by atoms with Gasteiger partial charge >= 0.3 is 5.97 Å². The number of hydrogen-bond donors (Lipinski definition) is 2. The van der Waals surface area contributed by atoms with Crippen molar-refractivity contribution in [2.45, 2.75) is 45.4 Å². The Labute approximate surface area is 227 Å². The first-order chi connectivity index (χ1) is 17.8. The molecular weight excluding hydrogens is 510 g/mol. The van der Waals surface area contributed by atoms with Crippen molar-refractivity contribution in [3.8, 4) is 11.5 Å². The number of halogens is 1. The van der Waals surface area contributed by atoms with Gasteiger partial charge in [-0.3, -0.25) is 4.79 Å². The fourth-order valence-electron chi connectivity index (χ4n) is 5.01. The van der Waals surface area contributed by atoms with Crippen molar-refractivity contribution in [3.05, 3.63) is 81.2 Å². The second-order valence-electron chi connectivity index (χ2n) is 9.06. The van der Waals surface area contributed by atoms with Gasteiger partial charge in [0.25, 0.3) is 0 Å². The van der Waals surface area contributed by atoms with Crippen LogP contribution in [0.3, 0.4) is 0 Å². The number of hydrogen-bond acceptors (Lipinski definition) is 7. The van der Waals surface area contributed by atoms with Crippen LogP contribution in [0.15, 0.2) is 65.0 Å². The molecule has 0 radical (unpaired) electrons. The molecule has 0 amide bonds. The first kappa shape index (κ1) is 27.1. The molecule has 2 aromatic rings. The fraction of sp³-hybridized carbons (Fsp3) is 0.379. The van der Waals surface area contributed by atoms with Crippen LogP contribution in [0.4, 0.5) is 0 Å². The van der Waals surface area contributed by atoms with Crippen molar-refractivity contribution >= 4 is 35.1 Å². The molecule has 4 rings (SSSR count). The number of dihydropyridines is 1. The summed E-state index contributed by atoms with van der Waals surface area (Å²) in [6.07, 6.45) is 0.950. The van der Waals surface area contributed by atoms with Gasteiger partial charge < -0.3 is 19.9 Å². The highest BCUT2D eigenvalue weighted by molar-refractivity contribution is 7.99. The minimum Gasteiger partial charge on any atom is -0.504 e. The molecule has 2 unspecified atom stereocenters. The summed E-state index contributed by atoms with van der Waals surface area (Å²) in [5.41, 5.74) is 4.19. The monoisotopic (exact) mass is 541 g/mol. The van der Waals surface area contributed by atoms with Gasteiger partial charge in [-0.15, -0.1) is 0 Å². The second kappa shape index (κ2) is 12.1. The Morgan fingerprint density at radius 2 is 1.86 bits per heavy atom. The minimum absolute atomic E-state index is 0.00263. The van der Waals surface area contributed by atoms with Gasteiger partial charge in [0, 0.05) is 40.1 Å². The summed E-state index contributed by atoms with van der Waals surface area (Å²) >= 11 is 7.77. The standard InChI is InChI=1S/C29H32ClNO5S/c1-4-35-25-16-19(8-11-23(25)32)27-26(29(34)36-12-13-37-5-2)17(3)31-22-14-20(15-24(33)28(22)27)18-6-9-21(30)10-7-18/h6-11,16,20,27,31-32H,4-5,12-15H2,1-3H3. The molecule has 1 aliphatic heterocycles. The van der Waals surface area contributed by atoms with E-state index in [4.69, 9.17) is 21.1 Å². The van der Waals surface area contributed by atoms with Crippen molar-refractivity contribution in [3.63, 3.8) is 0 Å². The Bertz CT molecular complexity index is 1240. The zero-order valence-corrected chi connectivity index (χ0v) is 22.9. The zero-order chi connectivity index (χ0) is 26.5. The van der Waals surface area contributed by atoms with Gasteiger partial charge in [-0.25, -0.2) is 4.79 Å². The highest BCUT2D eigenvalue weighted by Gasteiger charge is 2.41. The second-order valence-corrected chi connectivity index (χ2v) is 10.9. The number of allylic oxidation sites excluding steroid dienone is 3. The molecule has 0 spiro atoms. The molecule has 2 aliphatic rings. The normalized spacial score (nSPS) is 19.4. The molecule has 0 saturated carbocycles. The van der Waals surface area contributed by atoms with Gasteiger partial charge in [-0.1, -0.05) is 36.7 Å². The molecule has 37 heavy (non-hydrogen) atoms. The number of carbonyl (C=O) groups excluding carboxylic acids is 2. The van der Waals surface area contributed by atoms with Crippen molar-refractivity contribution < 1.29 is 24.2 Å². The van der Waals surface area contributed by atoms with Crippen LogP contribution in [0.2, 0.25) is 5.02 Å². The lowest BCUT2D eigenvalue weighted by atomic mass is 9.71. The molecule has 1 aliphatic carbocycles. The Kier molecular flexibility index (Phi) is 8.87. The minimum atomic E-state index is -0.624. The summed E-state index contributed by atoms with van der Waals surface area (Å²) in [6, 6.07) is 12.6. The number of phenols is 1. The van der Waals surface area contributed by atoms with E-state index in [2.05, 4.69) is 12.2 Å². The number of aromatic hydroxyl groups is 1. The van der Waals surface area contributed by atoms with Crippen LogP contribution in [0.1, 0.15) is 56.6 Å². The molecule has 0 saturated heterocycles.